The number of hydrogen-bond donors (Lipinski definition) is 3. The molecule has 4 heteroatoms. The Balaban J connectivity index is 1.69. The molecule has 0 bridgehead atoms. The number of carbonyl (C=O) groups is 1. The van der Waals surface area contributed by atoms with Gasteiger partial charge in [0.05, 0.1) is 6.42 Å². The minimum Gasteiger partial charge on any atom is -0.384 e. The first kappa shape index (κ1) is 10.6. The smallest absolute Gasteiger partial charge is 0.228 e. The van der Waals surface area contributed by atoms with Crippen LogP contribution in [0.2, 0.25) is 0 Å². The normalized spacial score (nSPS) is 19.7. The molecule has 0 unspecified atom stereocenters. The summed E-state index contributed by atoms with van der Waals surface area (Å²) in [6.07, 6.45) is 2.94. The van der Waals surface area contributed by atoms with Crippen LogP contribution in [0.25, 0.3) is 0 Å². The number of amides is 1. The molecular weight excluding hydrogens is 214 g/mol. The van der Waals surface area contributed by atoms with Crippen molar-refractivity contribution in [3.8, 4) is 0 Å². The molecule has 1 aromatic carbocycles. The lowest BCUT2D eigenvalue weighted by atomic mass is 10.1. The molecule has 0 saturated heterocycles. The van der Waals surface area contributed by atoms with Crippen molar-refractivity contribution in [1.82, 2.24) is 0 Å². The average molecular weight is 231 g/mol. The fraction of sp³-hybridized carbons (Fsp3) is 0.462. The number of nitrogens with one attached hydrogen (secondary N) is 2. The minimum absolute atomic E-state index is 0.0813. The van der Waals surface area contributed by atoms with E-state index in [-0.39, 0.29) is 5.91 Å². The van der Waals surface area contributed by atoms with Crippen molar-refractivity contribution in [3.05, 3.63) is 23.8 Å². The van der Waals surface area contributed by atoms with Gasteiger partial charge in [-0.25, -0.2) is 0 Å². The molecule has 3 rings (SSSR count). The van der Waals surface area contributed by atoms with Gasteiger partial charge in [0.25, 0.3) is 0 Å². The van der Waals surface area contributed by atoms with Gasteiger partial charge in [0, 0.05) is 17.9 Å². The second kappa shape index (κ2) is 3.74. The summed E-state index contributed by atoms with van der Waals surface area (Å²) < 4.78 is 0. The van der Waals surface area contributed by atoms with E-state index in [0.717, 1.165) is 30.0 Å². The minimum atomic E-state index is 0.0813. The molecule has 90 valence electrons. The zero-order valence-electron chi connectivity index (χ0n) is 9.75. The Morgan fingerprint density at radius 2 is 2.24 bits per heavy atom. The van der Waals surface area contributed by atoms with Gasteiger partial charge in [0.1, 0.15) is 0 Å². The molecule has 4 nitrogen and oxygen atoms in total. The molecule has 1 aromatic rings. The quantitative estimate of drug-likeness (QED) is 0.732. The first-order valence-electron chi connectivity index (χ1n) is 6.08. The van der Waals surface area contributed by atoms with Crippen LogP contribution >= 0.6 is 0 Å². The third-order valence-corrected chi connectivity index (χ3v) is 3.79. The molecule has 1 amide bonds. The predicted molar refractivity (Wildman–Crippen MR) is 68.0 cm³/mol. The van der Waals surface area contributed by atoms with Crippen LogP contribution in [0, 0.1) is 5.41 Å². The summed E-state index contributed by atoms with van der Waals surface area (Å²) in [4.78, 5) is 11.2. The van der Waals surface area contributed by atoms with E-state index in [1.54, 1.807) is 0 Å². The number of rotatable bonds is 4. The van der Waals surface area contributed by atoms with Crippen LogP contribution in [-0.2, 0) is 11.2 Å². The highest BCUT2D eigenvalue weighted by Crippen LogP contribution is 2.44. The Labute approximate surface area is 101 Å². The van der Waals surface area contributed by atoms with Crippen molar-refractivity contribution < 1.29 is 4.79 Å². The summed E-state index contributed by atoms with van der Waals surface area (Å²) in [6.45, 7) is 1.69. The SMILES string of the molecule is NCC1(CNc2ccc3c(c2)CC(=O)N3)CC1. The summed E-state index contributed by atoms with van der Waals surface area (Å²) >= 11 is 0. The van der Waals surface area contributed by atoms with Gasteiger partial charge in [0.2, 0.25) is 5.91 Å². The Morgan fingerprint density at radius 3 is 2.94 bits per heavy atom. The highest BCUT2D eigenvalue weighted by Gasteiger charge is 2.40. The zero-order chi connectivity index (χ0) is 11.9. The van der Waals surface area contributed by atoms with Gasteiger partial charge in [-0.05, 0) is 48.6 Å². The van der Waals surface area contributed by atoms with Crippen molar-refractivity contribution in [2.24, 2.45) is 11.1 Å². The Kier molecular flexibility index (Phi) is 2.33. The number of hydrogen-bond acceptors (Lipinski definition) is 3. The fourth-order valence-corrected chi connectivity index (χ4v) is 2.26. The predicted octanol–water partition coefficient (Wildman–Crippen LogP) is 1.33. The number of fused-ring (bicyclic) bond motifs is 1. The fourth-order valence-electron chi connectivity index (χ4n) is 2.26. The molecule has 0 atom stereocenters. The zero-order valence-corrected chi connectivity index (χ0v) is 9.75. The lowest BCUT2D eigenvalue weighted by Gasteiger charge is -2.14. The monoisotopic (exact) mass is 231 g/mol. The highest BCUT2D eigenvalue weighted by molar-refractivity contribution is 5.99. The lowest BCUT2D eigenvalue weighted by molar-refractivity contribution is -0.115. The molecule has 0 spiro atoms. The highest BCUT2D eigenvalue weighted by atomic mass is 16.1. The maximum Gasteiger partial charge on any atom is 0.228 e. The summed E-state index contributed by atoms with van der Waals surface area (Å²) in [5.41, 5.74) is 9.18. The van der Waals surface area contributed by atoms with Crippen LogP contribution in [0.4, 0.5) is 11.4 Å². The topological polar surface area (TPSA) is 67.1 Å². The molecule has 2 aliphatic rings. The van der Waals surface area contributed by atoms with Crippen LogP contribution in [0.15, 0.2) is 18.2 Å². The van der Waals surface area contributed by atoms with Gasteiger partial charge in [-0.3, -0.25) is 4.79 Å². The number of nitrogens with two attached hydrogens (primary N) is 1. The summed E-state index contributed by atoms with van der Waals surface area (Å²) in [7, 11) is 0. The number of anilines is 2. The maximum absolute atomic E-state index is 11.2. The van der Waals surface area contributed by atoms with Crippen molar-refractivity contribution in [3.63, 3.8) is 0 Å². The van der Waals surface area contributed by atoms with Crippen LogP contribution in [0.1, 0.15) is 18.4 Å². The molecule has 0 aromatic heterocycles. The largest absolute Gasteiger partial charge is 0.384 e. The van der Waals surface area contributed by atoms with Gasteiger partial charge in [-0.15, -0.1) is 0 Å². The molecule has 1 saturated carbocycles. The number of benzene rings is 1. The van der Waals surface area contributed by atoms with E-state index in [0.29, 0.717) is 11.8 Å². The lowest BCUT2D eigenvalue weighted by Crippen LogP contribution is -2.24. The second-order valence-corrected chi connectivity index (χ2v) is 5.15. The Bertz CT molecular complexity index is 466. The summed E-state index contributed by atoms with van der Waals surface area (Å²) in [5, 5.41) is 6.26. The van der Waals surface area contributed by atoms with E-state index in [1.165, 1.54) is 12.8 Å². The van der Waals surface area contributed by atoms with E-state index < -0.39 is 0 Å². The van der Waals surface area contributed by atoms with Gasteiger partial charge in [0.15, 0.2) is 0 Å². The van der Waals surface area contributed by atoms with Gasteiger partial charge in [-0.1, -0.05) is 0 Å². The van der Waals surface area contributed by atoms with Crippen LogP contribution in [-0.4, -0.2) is 19.0 Å². The maximum atomic E-state index is 11.2. The van der Waals surface area contributed by atoms with Crippen molar-refractivity contribution in [2.75, 3.05) is 23.7 Å². The Hall–Kier alpha value is -1.55. The second-order valence-electron chi connectivity index (χ2n) is 5.15. The van der Waals surface area contributed by atoms with Crippen LogP contribution in [0.3, 0.4) is 0 Å². The standard InChI is InChI=1S/C13H17N3O/c14-7-13(3-4-13)8-15-10-1-2-11-9(5-10)6-12(17)16-11/h1-2,5,15H,3-4,6-8,14H2,(H,16,17). The molecule has 1 aliphatic carbocycles. The molecular formula is C13H17N3O. The third kappa shape index (κ3) is 2.00. The first-order valence-corrected chi connectivity index (χ1v) is 6.08. The number of carbonyl (C=O) groups excluding carboxylic acids is 1. The van der Waals surface area contributed by atoms with E-state index >= 15 is 0 Å². The van der Waals surface area contributed by atoms with Gasteiger partial charge in [-0.2, -0.15) is 0 Å². The molecule has 1 heterocycles. The molecule has 0 radical (unpaired) electrons. The van der Waals surface area contributed by atoms with Crippen LogP contribution in [0.5, 0.6) is 0 Å². The summed E-state index contributed by atoms with van der Waals surface area (Å²) in [6, 6.07) is 6.03. The van der Waals surface area contributed by atoms with Crippen LogP contribution < -0.4 is 16.4 Å². The van der Waals surface area contributed by atoms with E-state index in [2.05, 4.69) is 16.7 Å². The average Bonchev–Trinajstić information content (AvgIpc) is 3.01. The summed E-state index contributed by atoms with van der Waals surface area (Å²) in [5.74, 6) is 0.0813. The van der Waals surface area contributed by atoms with Gasteiger partial charge >= 0.3 is 0 Å². The molecule has 17 heavy (non-hydrogen) atoms. The van der Waals surface area contributed by atoms with Gasteiger partial charge < -0.3 is 16.4 Å². The van der Waals surface area contributed by atoms with E-state index in [4.69, 9.17) is 5.73 Å². The molecule has 1 aliphatic heterocycles. The van der Waals surface area contributed by atoms with E-state index in [1.807, 2.05) is 12.1 Å². The van der Waals surface area contributed by atoms with Crippen molar-refractivity contribution in [2.45, 2.75) is 19.3 Å². The molecule has 4 N–H and O–H groups in total. The Morgan fingerprint density at radius 1 is 1.41 bits per heavy atom. The van der Waals surface area contributed by atoms with E-state index in [9.17, 15) is 4.79 Å². The first-order chi connectivity index (χ1) is 8.21. The van der Waals surface area contributed by atoms with Crippen molar-refractivity contribution >= 4 is 17.3 Å². The third-order valence-electron chi connectivity index (χ3n) is 3.79. The molecule has 1 fully saturated rings. The van der Waals surface area contributed by atoms with Crippen molar-refractivity contribution in [1.29, 1.82) is 0 Å².